The fourth-order valence-electron chi connectivity index (χ4n) is 2.96. The van der Waals surface area contributed by atoms with Crippen LogP contribution < -0.4 is 4.90 Å². The van der Waals surface area contributed by atoms with Gasteiger partial charge >= 0.3 is 0 Å². The fraction of sp³-hybridized carbons (Fsp3) is 0.400. The zero-order valence-electron chi connectivity index (χ0n) is 12.8. The molecule has 0 bridgehead atoms. The van der Waals surface area contributed by atoms with Crippen molar-refractivity contribution < 1.29 is 9.15 Å². The van der Waals surface area contributed by atoms with Gasteiger partial charge in [-0.15, -0.1) is 5.10 Å². The summed E-state index contributed by atoms with van der Waals surface area (Å²) >= 11 is 0. The molecule has 2 aromatic heterocycles. The van der Waals surface area contributed by atoms with Crippen LogP contribution in [0.5, 0.6) is 0 Å². The first-order valence-corrected chi connectivity index (χ1v) is 7.14. The van der Waals surface area contributed by atoms with Crippen molar-refractivity contribution in [3.63, 3.8) is 0 Å². The summed E-state index contributed by atoms with van der Waals surface area (Å²) in [5.41, 5.74) is 3.40. The lowest BCUT2D eigenvalue weighted by Crippen LogP contribution is -2.61. The molecule has 1 aliphatic heterocycles. The van der Waals surface area contributed by atoms with Crippen molar-refractivity contribution in [3.05, 3.63) is 35.7 Å². The van der Waals surface area contributed by atoms with Crippen LogP contribution in [0.15, 0.2) is 28.8 Å². The Balaban J connectivity index is 1.62. The molecule has 1 aliphatic rings. The third-order valence-corrected chi connectivity index (χ3v) is 4.27. The van der Waals surface area contributed by atoms with E-state index < -0.39 is 5.60 Å². The summed E-state index contributed by atoms with van der Waals surface area (Å²) in [4.78, 5) is 6.63. The number of rotatable bonds is 3. The lowest BCUT2D eigenvalue weighted by Gasteiger charge is -2.47. The van der Waals surface area contributed by atoms with Crippen LogP contribution in [0.25, 0.3) is 11.1 Å². The molecule has 7 nitrogen and oxygen atoms in total. The van der Waals surface area contributed by atoms with E-state index in [0.717, 1.165) is 16.8 Å². The molecular weight excluding hydrogens is 282 g/mol. The minimum absolute atomic E-state index is 0.408. The maximum atomic E-state index is 5.83. The maximum absolute atomic E-state index is 5.83. The smallest absolute Gasteiger partial charge is 0.298 e. The summed E-state index contributed by atoms with van der Waals surface area (Å²) in [7, 11) is 3.58. The van der Waals surface area contributed by atoms with Crippen LogP contribution in [0.1, 0.15) is 11.3 Å². The minimum atomic E-state index is -0.408. The molecule has 0 spiro atoms. The molecular formula is C15H17N5O2. The van der Waals surface area contributed by atoms with Gasteiger partial charge in [0.1, 0.15) is 11.1 Å². The number of aromatic nitrogens is 4. The average molecular weight is 299 g/mol. The number of benzene rings is 1. The van der Waals surface area contributed by atoms with Gasteiger partial charge in [0.05, 0.1) is 25.0 Å². The number of oxazole rings is 1. The number of methoxy groups -OCH3 is 1. The molecule has 0 amide bonds. The van der Waals surface area contributed by atoms with Gasteiger partial charge in [-0.1, -0.05) is 11.3 Å². The van der Waals surface area contributed by atoms with Gasteiger partial charge in [0.2, 0.25) is 0 Å². The molecule has 0 aliphatic carbocycles. The van der Waals surface area contributed by atoms with Crippen molar-refractivity contribution in [3.8, 4) is 0 Å². The predicted octanol–water partition coefficient (Wildman–Crippen LogP) is 1.63. The molecule has 3 heterocycles. The molecule has 0 unspecified atom stereocenters. The van der Waals surface area contributed by atoms with Crippen molar-refractivity contribution in [1.29, 1.82) is 0 Å². The second-order valence-electron chi connectivity index (χ2n) is 5.76. The van der Waals surface area contributed by atoms with Crippen LogP contribution >= 0.6 is 0 Å². The Morgan fingerprint density at radius 1 is 1.32 bits per heavy atom. The van der Waals surface area contributed by atoms with Crippen molar-refractivity contribution in [2.24, 2.45) is 7.05 Å². The Morgan fingerprint density at radius 2 is 2.14 bits per heavy atom. The molecule has 3 aromatic rings. The second kappa shape index (κ2) is 4.54. The monoisotopic (exact) mass is 299 g/mol. The third-order valence-electron chi connectivity index (χ3n) is 4.27. The van der Waals surface area contributed by atoms with Gasteiger partial charge in [0.15, 0.2) is 5.58 Å². The quantitative estimate of drug-likeness (QED) is 0.732. The lowest BCUT2D eigenvalue weighted by molar-refractivity contribution is -0.0464. The predicted molar refractivity (Wildman–Crippen MR) is 80.6 cm³/mol. The third kappa shape index (κ3) is 1.82. The highest BCUT2D eigenvalue weighted by molar-refractivity contribution is 5.75. The number of anilines is 1. The van der Waals surface area contributed by atoms with E-state index in [1.807, 2.05) is 32.2 Å². The normalized spacial score (nSPS) is 17.0. The molecule has 0 N–H and O–H groups in total. The zero-order valence-corrected chi connectivity index (χ0v) is 12.8. The van der Waals surface area contributed by atoms with Gasteiger partial charge in [-0.25, -0.2) is 4.68 Å². The topological polar surface area (TPSA) is 69.2 Å². The van der Waals surface area contributed by atoms with Gasteiger partial charge in [-0.2, -0.15) is 4.98 Å². The van der Waals surface area contributed by atoms with Gasteiger partial charge in [-0.3, -0.25) is 0 Å². The van der Waals surface area contributed by atoms with E-state index in [2.05, 4.69) is 20.2 Å². The maximum Gasteiger partial charge on any atom is 0.298 e. The molecule has 1 fully saturated rings. The summed E-state index contributed by atoms with van der Waals surface area (Å²) in [6, 6.07) is 6.63. The van der Waals surface area contributed by atoms with Crippen LogP contribution in [-0.4, -0.2) is 40.2 Å². The second-order valence-corrected chi connectivity index (χ2v) is 5.76. The number of hydrogen-bond donors (Lipinski definition) is 0. The number of hydrogen-bond acceptors (Lipinski definition) is 6. The van der Waals surface area contributed by atoms with Crippen LogP contribution in [0.4, 0.5) is 6.01 Å². The molecule has 114 valence electrons. The number of aryl methyl sites for hydroxylation is 2. The van der Waals surface area contributed by atoms with Crippen molar-refractivity contribution in [2.75, 3.05) is 25.1 Å². The van der Waals surface area contributed by atoms with Crippen LogP contribution in [0.3, 0.4) is 0 Å². The zero-order chi connectivity index (χ0) is 15.3. The summed E-state index contributed by atoms with van der Waals surface area (Å²) in [5, 5.41) is 7.92. The molecule has 1 saturated heterocycles. The molecule has 0 atom stereocenters. The van der Waals surface area contributed by atoms with Crippen molar-refractivity contribution >= 4 is 17.1 Å². The molecule has 0 saturated carbocycles. The Labute approximate surface area is 127 Å². The highest BCUT2D eigenvalue weighted by Crippen LogP contribution is 2.38. The molecule has 0 radical (unpaired) electrons. The SMILES string of the molecule is COC1(c2cnnn2C)CN(c2nc3cc(C)ccc3o2)C1. The van der Waals surface area contributed by atoms with E-state index in [4.69, 9.17) is 9.15 Å². The van der Waals surface area contributed by atoms with Crippen LogP contribution in [-0.2, 0) is 17.4 Å². The Bertz CT molecular complexity index is 831. The van der Waals surface area contributed by atoms with Gasteiger partial charge in [0, 0.05) is 14.2 Å². The van der Waals surface area contributed by atoms with Crippen LogP contribution in [0.2, 0.25) is 0 Å². The summed E-state index contributed by atoms with van der Waals surface area (Å²) in [5.74, 6) is 0. The Kier molecular flexibility index (Phi) is 2.74. The highest BCUT2D eigenvalue weighted by atomic mass is 16.5. The average Bonchev–Trinajstić information content (AvgIpc) is 3.05. The fourth-order valence-corrected chi connectivity index (χ4v) is 2.96. The van der Waals surface area contributed by atoms with Crippen LogP contribution in [0, 0.1) is 6.92 Å². The number of fused-ring (bicyclic) bond motifs is 1. The summed E-state index contributed by atoms with van der Waals surface area (Å²) in [6.07, 6.45) is 1.75. The first kappa shape index (κ1) is 13.3. The number of ether oxygens (including phenoxy) is 1. The first-order chi connectivity index (χ1) is 10.6. The van der Waals surface area contributed by atoms with E-state index in [1.165, 1.54) is 5.56 Å². The number of nitrogens with zero attached hydrogens (tertiary/aromatic N) is 5. The lowest BCUT2D eigenvalue weighted by atomic mass is 9.91. The van der Waals surface area contributed by atoms with E-state index in [9.17, 15) is 0 Å². The standard InChI is InChI=1S/C15H17N5O2/c1-10-4-5-12-11(6-10)17-14(22-12)20-8-15(9-20,21-3)13-7-16-18-19(13)2/h4-7H,8-9H2,1-3H3. The first-order valence-electron chi connectivity index (χ1n) is 7.14. The molecule has 22 heavy (non-hydrogen) atoms. The molecule has 4 rings (SSSR count). The molecule has 7 heteroatoms. The molecule has 1 aromatic carbocycles. The van der Waals surface area contributed by atoms with E-state index in [-0.39, 0.29) is 0 Å². The van der Waals surface area contributed by atoms with Gasteiger partial charge in [0.25, 0.3) is 6.01 Å². The largest absolute Gasteiger partial charge is 0.423 e. The van der Waals surface area contributed by atoms with E-state index in [1.54, 1.807) is 18.0 Å². The van der Waals surface area contributed by atoms with E-state index in [0.29, 0.717) is 19.1 Å². The highest BCUT2D eigenvalue weighted by Gasteiger charge is 2.49. The van der Waals surface area contributed by atoms with Gasteiger partial charge < -0.3 is 14.1 Å². The van der Waals surface area contributed by atoms with E-state index >= 15 is 0 Å². The van der Waals surface area contributed by atoms with Crippen molar-refractivity contribution in [1.82, 2.24) is 20.0 Å². The summed E-state index contributed by atoms with van der Waals surface area (Å²) in [6.45, 7) is 3.37. The Hall–Kier alpha value is -2.41. The van der Waals surface area contributed by atoms with Crippen molar-refractivity contribution in [2.45, 2.75) is 12.5 Å². The Morgan fingerprint density at radius 3 is 2.82 bits per heavy atom. The minimum Gasteiger partial charge on any atom is -0.423 e. The summed E-state index contributed by atoms with van der Waals surface area (Å²) < 4.78 is 13.3. The van der Waals surface area contributed by atoms with Gasteiger partial charge in [-0.05, 0) is 24.6 Å².